The molecule has 0 radical (unpaired) electrons. The first kappa shape index (κ1) is 41.3. The van der Waals surface area contributed by atoms with Crippen molar-refractivity contribution in [2.75, 3.05) is 0 Å². The molecule has 0 unspecified atom stereocenters. The molecular formula is C41H70Si2. The molecule has 43 heavy (non-hydrogen) atoms. The van der Waals surface area contributed by atoms with Crippen LogP contribution < -0.4 is 0 Å². The van der Waals surface area contributed by atoms with E-state index in [4.69, 9.17) is 0 Å². The van der Waals surface area contributed by atoms with Gasteiger partial charge < -0.3 is 0 Å². The second kappa shape index (κ2) is 23.7. The summed E-state index contributed by atoms with van der Waals surface area (Å²) in [6.45, 7) is 27.9. The van der Waals surface area contributed by atoms with E-state index in [1.807, 2.05) is 0 Å². The van der Waals surface area contributed by atoms with Crippen LogP contribution in [-0.2, 0) is 0 Å². The molecule has 0 aromatic carbocycles. The van der Waals surface area contributed by atoms with E-state index in [9.17, 15) is 0 Å². The van der Waals surface area contributed by atoms with Gasteiger partial charge in [-0.15, -0.1) is 11.1 Å². The van der Waals surface area contributed by atoms with E-state index in [2.05, 4.69) is 116 Å². The first-order chi connectivity index (χ1) is 20.3. The van der Waals surface area contributed by atoms with Crippen LogP contribution in [0, 0.1) is 34.8 Å². The Labute approximate surface area is 273 Å². The zero-order chi connectivity index (χ0) is 32.7. The van der Waals surface area contributed by atoms with Crippen LogP contribution in [0.2, 0.25) is 39.3 Å². The summed E-state index contributed by atoms with van der Waals surface area (Å²) in [5.41, 5.74) is 16.1. The molecule has 242 valence electrons. The van der Waals surface area contributed by atoms with Crippen LogP contribution in [0.5, 0.6) is 0 Å². The lowest BCUT2D eigenvalue weighted by Gasteiger charge is -2.16. The third-order valence-electron chi connectivity index (χ3n) is 7.43. The predicted octanol–water partition coefficient (Wildman–Crippen LogP) is 13.4. The minimum atomic E-state index is -1.44. The van der Waals surface area contributed by atoms with Crippen LogP contribution in [0.15, 0.2) is 33.4 Å². The van der Waals surface area contributed by atoms with Crippen molar-refractivity contribution < 1.29 is 0 Å². The van der Waals surface area contributed by atoms with Gasteiger partial charge in [0, 0.05) is 22.3 Å². The van der Waals surface area contributed by atoms with Gasteiger partial charge in [0.1, 0.15) is 16.1 Å². The Bertz CT molecular complexity index is 1080. The maximum absolute atomic E-state index is 3.82. The molecule has 2 heteroatoms. The van der Waals surface area contributed by atoms with Gasteiger partial charge in [0.15, 0.2) is 0 Å². The van der Waals surface area contributed by atoms with Gasteiger partial charge in [0.2, 0.25) is 0 Å². The highest BCUT2D eigenvalue weighted by Gasteiger charge is 2.13. The summed E-state index contributed by atoms with van der Waals surface area (Å²) in [6, 6.07) is 0. The van der Waals surface area contributed by atoms with Crippen LogP contribution in [0.1, 0.15) is 151 Å². The zero-order valence-corrected chi connectivity index (χ0v) is 33.0. The monoisotopic (exact) mass is 619 g/mol. The molecule has 0 rings (SSSR count). The van der Waals surface area contributed by atoms with Crippen molar-refractivity contribution in [3.8, 4) is 34.8 Å². The molecule has 0 amide bonds. The smallest absolute Gasteiger partial charge is 0.127 e. The van der Waals surface area contributed by atoms with E-state index in [-0.39, 0.29) is 0 Å². The molecule has 0 fully saturated rings. The van der Waals surface area contributed by atoms with Crippen molar-refractivity contribution >= 4 is 16.1 Å². The summed E-state index contributed by atoms with van der Waals surface area (Å²) in [5.74, 6) is 15.0. The van der Waals surface area contributed by atoms with E-state index in [0.717, 1.165) is 51.4 Å². The molecule has 0 N–H and O–H groups in total. The summed E-state index contributed by atoms with van der Waals surface area (Å²) in [4.78, 5) is 0. The maximum Gasteiger partial charge on any atom is 0.129 e. The lowest BCUT2D eigenvalue weighted by atomic mass is 9.89. The Morgan fingerprint density at radius 1 is 0.349 bits per heavy atom. The first-order valence-corrected chi connectivity index (χ1v) is 25.1. The van der Waals surface area contributed by atoms with E-state index < -0.39 is 16.1 Å². The van der Waals surface area contributed by atoms with Gasteiger partial charge in [-0.25, -0.2) is 0 Å². The third kappa shape index (κ3) is 20.8. The molecule has 0 aliphatic rings. The van der Waals surface area contributed by atoms with E-state index in [1.54, 1.807) is 11.1 Å². The van der Waals surface area contributed by atoms with Crippen molar-refractivity contribution in [1.82, 2.24) is 0 Å². The quantitative estimate of drug-likeness (QED) is 0.106. The molecule has 0 aromatic heterocycles. The highest BCUT2D eigenvalue weighted by atomic mass is 28.3. The lowest BCUT2D eigenvalue weighted by Crippen LogP contribution is -2.16. The Hall–Kier alpha value is -1.67. The van der Waals surface area contributed by atoms with Gasteiger partial charge in [-0.3, -0.25) is 0 Å². The Kier molecular flexibility index (Phi) is 22.8. The van der Waals surface area contributed by atoms with Crippen LogP contribution >= 0.6 is 0 Å². The second-order valence-electron chi connectivity index (χ2n) is 14.4. The molecule has 0 bridgehead atoms. The summed E-state index contributed by atoms with van der Waals surface area (Å²) in [6.07, 6.45) is 19.8. The number of rotatable bonds is 18. The minimum Gasteiger partial charge on any atom is -0.127 e. The van der Waals surface area contributed by atoms with E-state index >= 15 is 0 Å². The van der Waals surface area contributed by atoms with Gasteiger partial charge in [0.05, 0.1) is 0 Å². The lowest BCUT2D eigenvalue weighted by molar-refractivity contribution is 0.700. The zero-order valence-electron chi connectivity index (χ0n) is 31.0. The Morgan fingerprint density at radius 3 is 1.07 bits per heavy atom. The number of hydrogen-bond donors (Lipinski definition) is 0. The van der Waals surface area contributed by atoms with E-state index in [1.165, 1.54) is 80.1 Å². The van der Waals surface area contributed by atoms with E-state index in [0.29, 0.717) is 0 Å². The molecule has 0 aliphatic heterocycles. The van der Waals surface area contributed by atoms with Crippen LogP contribution in [0.4, 0.5) is 0 Å². The van der Waals surface area contributed by atoms with Crippen molar-refractivity contribution in [1.29, 1.82) is 0 Å². The molecule has 0 aliphatic carbocycles. The molecule has 0 saturated heterocycles. The van der Waals surface area contributed by atoms with Crippen LogP contribution in [0.25, 0.3) is 0 Å². The van der Waals surface area contributed by atoms with Crippen LogP contribution in [-0.4, -0.2) is 16.1 Å². The topological polar surface area (TPSA) is 0 Å². The van der Waals surface area contributed by atoms with Gasteiger partial charge in [-0.2, -0.15) is 0 Å². The number of unbranched alkanes of at least 4 members (excludes halogenated alkanes) is 3. The molecule has 0 saturated carbocycles. The number of allylic oxidation sites excluding steroid dienone is 6. The normalized spacial score (nSPS) is 13.4. The van der Waals surface area contributed by atoms with Crippen molar-refractivity contribution in [2.45, 2.75) is 190 Å². The minimum absolute atomic E-state index is 1.05. The van der Waals surface area contributed by atoms with Crippen molar-refractivity contribution in [3.63, 3.8) is 0 Å². The van der Waals surface area contributed by atoms with Gasteiger partial charge >= 0.3 is 0 Å². The summed E-state index contributed by atoms with van der Waals surface area (Å²) >= 11 is 0. The fraction of sp³-hybridized carbons (Fsp3) is 0.707. The van der Waals surface area contributed by atoms with Gasteiger partial charge in [0.25, 0.3) is 0 Å². The average Bonchev–Trinajstić information content (AvgIpc) is 2.94. The van der Waals surface area contributed by atoms with Crippen LogP contribution in [0.3, 0.4) is 0 Å². The SMILES string of the molecule is CCCC/C(C#C/C(CCC)=C(\CCCC)CC/C(CCCC)=C(/C#C[Si](C)(C)C)CCC)=C(\C#C[Si](C)(C)C)CCC. The summed E-state index contributed by atoms with van der Waals surface area (Å²) < 4.78 is 0. The molecule has 0 spiro atoms. The standard InChI is InChI=1S/C41H70Si2/c1-13-19-25-39(30-31-41(27-21-15-3)38(24-18-6)33-35-43(10,11)12)36(22-16-4)28-29-40(26-20-14-2)37(23-17-5)32-34-42(7,8)9/h13-27,30-31H2,1-12H3/b39-36+,40-37+,41-38+. The van der Waals surface area contributed by atoms with Crippen molar-refractivity contribution in [3.05, 3.63) is 33.4 Å². The largest absolute Gasteiger partial charge is 0.129 e. The summed E-state index contributed by atoms with van der Waals surface area (Å²) in [5, 5.41) is 0. The molecule has 0 nitrogen and oxygen atoms in total. The second-order valence-corrected chi connectivity index (χ2v) is 23.9. The third-order valence-corrected chi connectivity index (χ3v) is 9.18. The molecule has 0 heterocycles. The molecular weight excluding hydrogens is 549 g/mol. The molecule has 0 aromatic rings. The molecule has 0 atom stereocenters. The average molecular weight is 619 g/mol. The predicted molar refractivity (Wildman–Crippen MR) is 204 cm³/mol. The highest BCUT2D eigenvalue weighted by Crippen LogP contribution is 2.28. The first-order valence-electron chi connectivity index (χ1n) is 18.1. The highest BCUT2D eigenvalue weighted by molar-refractivity contribution is 6.84. The fourth-order valence-electron chi connectivity index (χ4n) is 4.95. The maximum atomic E-state index is 3.82. The Balaban J connectivity index is 6.97. The van der Waals surface area contributed by atoms with Crippen molar-refractivity contribution in [2.24, 2.45) is 0 Å². The number of hydrogen-bond acceptors (Lipinski definition) is 0. The van der Waals surface area contributed by atoms with Gasteiger partial charge in [-0.05, 0) is 70.6 Å². The Morgan fingerprint density at radius 2 is 0.674 bits per heavy atom. The summed E-state index contributed by atoms with van der Waals surface area (Å²) in [7, 11) is -2.86. The fourth-order valence-corrected chi connectivity index (χ4v) is 6.00. The van der Waals surface area contributed by atoms with Gasteiger partial charge in [-0.1, -0.05) is 154 Å².